The quantitative estimate of drug-likeness (QED) is 0.625. The molecular weight excluding hydrogens is 285 g/mol. The van der Waals surface area contributed by atoms with E-state index in [2.05, 4.69) is 10.2 Å². The number of halogens is 4. The Hall–Kier alpha value is -1.02. The molecule has 0 saturated carbocycles. The van der Waals surface area contributed by atoms with E-state index in [9.17, 15) is 13.2 Å². The largest absolute Gasteiger partial charge is 0.496 e. The lowest BCUT2D eigenvalue weighted by Gasteiger charge is -2.19. The zero-order chi connectivity index (χ0) is 14.5. The van der Waals surface area contributed by atoms with Crippen molar-refractivity contribution in [1.29, 1.82) is 0 Å². The molecule has 1 atom stereocenters. The van der Waals surface area contributed by atoms with Crippen LogP contribution in [0.3, 0.4) is 0 Å². The van der Waals surface area contributed by atoms with Gasteiger partial charge in [-0.2, -0.15) is 13.2 Å². The molecule has 0 spiro atoms. The van der Waals surface area contributed by atoms with Crippen molar-refractivity contribution < 1.29 is 22.6 Å². The Kier molecular flexibility index (Phi) is 5.86. The summed E-state index contributed by atoms with van der Waals surface area (Å²) in [6.45, 7) is -1.60. The molecule has 4 nitrogen and oxygen atoms in total. The first-order chi connectivity index (χ1) is 8.87. The van der Waals surface area contributed by atoms with Crippen molar-refractivity contribution in [2.24, 2.45) is 5.84 Å². The second-order valence-corrected chi connectivity index (χ2v) is 4.17. The summed E-state index contributed by atoms with van der Waals surface area (Å²) in [7, 11) is 1.44. The fourth-order valence-corrected chi connectivity index (χ4v) is 1.68. The molecule has 1 unspecified atom stereocenters. The maximum Gasteiger partial charge on any atom is 0.411 e. The molecule has 0 bridgehead atoms. The van der Waals surface area contributed by atoms with Crippen molar-refractivity contribution in [3.05, 3.63) is 28.8 Å². The minimum Gasteiger partial charge on any atom is -0.496 e. The third-order valence-electron chi connectivity index (χ3n) is 2.32. The van der Waals surface area contributed by atoms with Gasteiger partial charge >= 0.3 is 6.18 Å². The molecule has 1 aromatic rings. The Labute approximate surface area is 113 Å². The molecule has 0 aliphatic heterocycles. The molecule has 1 rings (SSSR count). The fraction of sp³-hybridized carbons (Fsp3) is 0.455. The van der Waals surface area contributed by atoms with Crippen molar-refractivity contribution in [3.8, 4) is 5.75 Å². The number of hydrogen-bond acceptors (Lipinski definition) is 4. The van der Waals surface area contributed by atoms with E-state index in [4.69, 9.17) is 22.2 Å². The van der Waals surface area contributed by atoms with Crippen LogP contribution < -0.4 is 16.0 Å². The molecule has 1 aromatic carbocycles. The third kappa shape index (κ3) is 5.23. The van der Waals surface area contributed by atoms with E-state index in [1.54, 1.807) is 18.2 Å². The van der Waals surface area contributed by atoms with Gasteiger partial charge in [0.05, 0.1) is 19.8 Å². The molecule has 0 aliphatic carbocycles. The number of methoxy groups -OCH3 is 1. The molecule has 19 heavy (non-hydrogen) atoms. The highest BCUT2D eigenvalue weighted by Crippen LogP contribution is 2.28. The van der Waals surface area contributed by atoms with Gasteiger partial charge in [-0.1, -0.05) is 11.6 Å². The molecule has 0 saturated heterocycles. The van der Waals surface area contributed by atoms with Crippen LogP contribution in [0.15, 0.2) is 18.2 Å². The van der Waals surface area contributed by atoms with Gasteiger partial charge in [0, 0.05) is 10.6 Å². The average molecular weight is 299 g/mol. The van der Waals surface area contributed by atoms with Crippen molar-refractivity contribution in [3.63, 3.8) is 0 Å². The highest BCUT2D eigenvalue weighted by atomic mass is 35.5. The van der Waals surface area contributed by atoms with E-state index in [0.717, 1.165) is 0 Å². The minimum absolute atomic E-state index is 0.257. The second kappa shape index (κ2) is 6.95. The maximum absolute atomic E-state index is 12.0. The third-order valence-corrected chi connectivity index (χ3v) is 2.55. The van der Waals surface area contributed by atoms with E-state index < -0.39 is 18.8 Å². The molecule has 0 aliphatic rings. The lowest BCUT2D eigenvalue weighted by Crippen LogP contribution is -2.33. The van der Waals surface area contributed by atoms with Crippen LogP contribution in [0.25, 0.3) is 0 Å². The lowest BCUT2D eigenvalue weighted by molar-refractivity contribution is -0.175. The number of alkyl halides is 3. The number of nitrogens with one attached hydrogen (secondary N) is 1. The molecular formula is C11H14ClF3N2O2. The predicted molar refractivity (Wildman–Crippen MR) is 64.9 cm³/mol. The summed E-state index contributed by atoms with van der Waals surface area (Å²) < 4.78 is 45.7. The average Bonchev–Trinajstić information content (AvgIpc) is 2.33. The summed E-state index contributed by atoms with van der Waals surface area (Å²) in [4.78, 5) is 0. The Morgan fingerprint density at radius 3 is 2.63 bits per heavy atom. The van der Waals surface area contributed by atoms with Gasteiger partial charge in [-0.3, -0.25) is 11.3 Å². The van der Waals surface area contributed by atoms with Crippen molar-refractivity contribution >= 4 is 11.6 Å². The molecule has 8 heteroatoms. The number of hydrogen-bond donors (Lipinski definition) is 2. The topological polar surface area (TPSA) is 56.5 Å². The standard InChI is InChI=1S/C11H14ClF3N2O2/c1-18-10-3-2-7(12)4-8(10)9(17-16)5-19-6-11(13,14)15/h2-4,9,17H,5-6,16H2,1H3. The van der Waals surface area contributed by atoms with Gasteiger partial charge in [0.1, 0.15) is 12.4 Å². The number of hydrazine groups is 1. The van der Waals surface area contributed by atoms with Gasteiger partial charge < -0.3 is 9.47 Å². The normalized spacial score (nSPS) is 13.4. The maximum atomic E-state index is 12.0. The number of nitrogens with two attached hydrogens (primary N) is 1. The number of rotatable bonds is 6. The van der Waals surface area contributed by atoms with Crippen molar-refractivity contribution in [2.75, 3.05) is 20.3 Å². The summed E-state index contributed by atoms with van der Waals surface area (Å²) in [6, 6.07) is 4.11. The fourth-order valence-electron chi connectivity index (χ4n) is 1.50. The predicted octanol–water partition coefficient (Wildman–Crippen LogP) is 2.43. The monoisotopic (exact) mass is 298 g/mol. The molecule has 0 amide bonds. The van der Waals surface area contributed by atoms with Gasteiger partial charge in [0.25, 0.3) is 0 Å². The first kappa shape index (κ1) is 16.0. The first-order valence-corrected chi connectivity index (χ1v) is 5.69. The molecule has 3 N–H and O–H groups in total. The van der Waals surface area contributed by atoms with Crippen LogP contribution >= 0.6 is 11.6 Å². The van der Waals surface area contributed by atoms with Crippen molar-refractivity contribution in [1.82, 2.24) is 5.43 Å². The van der Waals surface area contributed by atoms with E-state index in [1.807, 2.05) is 0 Å². The van der Waals surface area contributed by atoms with Gasteiger partial charge in [-0.25, -0.2) is 0 Å². The van der Waals surface area contributed by atoms with E-state index in [-0.39, 0.29) is 6.61 Å². The van der Waals surface area contributed by atoms with Crippen LogP contribution in [0.2, 0.25) is 5.02 Å². The highest BCUT2D eigenvalue weighted by molar-refractivity contribution is 6.30. The Balaban J connectivity index is 2.76. The van der Waals surface area contributed by atoms with Gasteiger partial charge in [-0.05, 0) is 18.2 Å². The Bertz CT molecular complexity index is 415. The number of benzene rings is 1. The highest BCUT2D eigenvalue weighted by Gasteiger charge is 2.28. The van der Waals surface area contributed by atoms with Crippen LogP contribution in [0.5, 0.6) is 5.75 Å². The van der Waals surface area contributed by atoms with Crippen molar-refractivity contribution in [2.45, 2.75) is 12.2 Å². The summed E-state index contributed by atoms with van der Waals surface area (Å²) in [5, 5.41) is 0.423. The minimum atomic E-state index is -4.38. The zero-order valence-electron chi connectivity index (χ0n) is 10.1. The first-order valence-electron chi connectivity index (χ1n) is 5.31. The molecule has 0 fully saturated rings. The van der Waals surface area contributed by atoms with E-state index in [0.29, 0.717) is 16.3 Å². The summed E-state index contributed by atoms with van der Waals surface area (Å²) in [5.41, 5.74) is 2.90. The van der Waals surface area contributed by atoms with Crippen LogP contribution in [0.4, 0.5) is 13.2 Å². The van der Waals surface area contributed by atoms with Gasteiger partial charge in [0.2, 0.25) is 0 Å². The lowest BCUT2D eigenvalue weighted by atomic mass is 10.1. The van der Waals surface area contributed by atoms with E-state index >= 15 is 0 Å². The SMILES string of the molecule is COc1ccc(Cl)cc1C(COCC(F)(F)F)NN. The molecule has 0 radical (unpaired) electrons. The summed E-state index contributed by atoms with van der Waals surface area (Å²) >= 11 is 5.84. The van der Waals surface area contributed by atoms with Crippen LogP contribution in [-0.4, -0.2) is 26.5 Å². The summed E-state index contributed by atoms with van der Waals surface area (Å²) in [5.74, 6) is 5.78. The van der Waals surface area contributed by atoms with Crippen LogP contribution in [0.1, 0.15) is 11.6 Å². The van der Waals surface area contributed by atoms with Crippen LogP contribution in [0, 0.1) is 0 Å². The smallest absolute Gasteiger partial charge is 0.411 e. The second-order valence-electron chi connectivity index (χ2n) is 3.74. The molecule has 0 heterocycles. The molecule has 108 valence electrons. The Morgan fingerprint density at radius 2 is 2.11 bits per heavy atom. The van der Waals surface area contributed by atoms with E-state index in [1.165, 1.54) is 7.11 Å². The molecule has 0 aromatic heterocycles. The van der Waals surface area contributed by atoms with Crippen LogP contribution in [-0.2, 0) is 4.74 Å². The summed E-state index contributed by atoms with van der Waals surface area (Å²) in [6.07, 6.45) is -4.38. The zero-order valence-corrected chi connectivity index (χ0v) is 10.9. The Morgan fingerprint density at radius 1 is 1.42 bits per heavy atom. The van der Waals surface area contributed by atoms with Gasteiger partial charge in [0.15, 0.2) is 0 Å². The van der Waals surface area contributed by atoms with Gasteiger partial charge in [-0.15, -0.1) is 0 Å². The number of ether oxygens (including phenoxy) is 2.